The van der Waals surface area contributed by atoms with Crippen molar-refractivity contribution in [1.29, 1.82) is 0 Å². The minimum Gasteiger partial charge on any atom is -0.497 e. The molecule has 0 spiro atoms. The maximum absolute atomic E-state index is 14.1. The van der Waals surface area contributed by atoms with Gasteiger partial charge >= 0.3 is 5.97 Å². The van der Waals surface area contributed by atoms with Crippen molar-refractivity contribution in [1.82, 2.24) is 4.98 Å². The van der Waals surface area contributed by atoms with Crippen molar-refractivity contribution >= 4 is 28.3 Å². The fraction of sp³-hybridized carbons (Fsp3) is 0.111. The molecule has 0 aliphatic rings. The molecule has 0 aliphatic carbocycles. The largest absolute Gasteiger partial charge is 0.497 e. The van der Waals surface area contributed by atoms with Gasteiger partial charge in [-0.1, -0.05) is 17.7 Å². The van der Waals surface area contributed by atoms with Crippen molar-refractivity contribution < 1.29 is 18.7 Å². The standard InChI is InChI=1S/C18H13ClFNO3/c1-23-11-4-6-13(15(19)8-11)17-14-7-10(18(22)24-2)3-5-12(14)16(20)9-21-17/h3-9H,1-2H3. The highest BCUT2D eigenvalue weighted by molar-refractivity contribution is 6.33. The van der Waals surface area contributed by atoms with Gasteiger partial charge in [0.25, 0.3) is 0 Å². The van der Waals surface area contributed by atoms with Crippen molar-refractivity contribution in [3.05, 3.63) is 59.0 Å². The molecule has 0 atom stereocenters. The molecule has 0 saturated carbocycles. The van der Waals surface area contributed by atoms with E-state index in [4.69, 9.17) is 21.1 Å². The zero-order valence-electron chi connectivity index (χ0n) is 13.0. The van der Waals surface area contributed by atoms with Crippen LogP contribution in [0.25, 0.3) is 22.0 Å². The van der Waals surface area contributed by atoms with Gasteiger partial charge in [0.2, 0.25) is 0 Å². The SMILES string of the molecule is COC(=O)c1ccc2c(F)cnc(-c3ccc(OC)cc3Cl)c2c1. The van der Waals surface area contributed by atoms with Crippen LogP contribution in [0.1, 0.15) is 10.4 Å². The molecule has 24 heavy (non-hydrogen) atoms. The number of carbonyl (C=O) groups is 1. The van der Waals surface area contributed by atoms with E-state index in [2.05, 4.69) is 4.98 Å². The van der Waals surface area contributed by atoms with Gasteiger partial charge in [-0.2, -0.15) is 0 Å². The second-order valence-electron chi connectivity index (χ2n) is 5.05. The Bertz CT molecular complexity index is 943. The van der Waals surface area contributed by atoms with E-state index >= 15 is 0 Å². The van der Waals surface area contributed by atoms with E-state index in [0.29, 0.717) is 38.4 Å². The average molecular weight is 346 g/mol. The van der Waals surface area contributed by atoms with Crippen molar-refractivity contribution in [3.8, 4) is 17.0 Å². The maximum atomic E-state index is 14.1. The number of aromatic nitrogens is 1. The number of hydrogen-bond acceptors (Lipinski definition) is 4. The Kier molecular flexibility index (Phi) is 4.36. The number of ether oxygens (including phenoxy) is 2. The highest BCUT2D eigenvalue weighted by Gasteiger charge is 2.15. The lowest BCUT2D eigenvalue weighted by atomic mass is 10.0. The third-order valence-electron chi connectivity index (χ3n) is 3.69. The molecular weight excluding hydrogens is 333 g/mol. The summed E-state index contributed by atoms with van der Waals surface area (Å²) in [6.07, 6.45) is 1.13. The van der Waals surface area contributed by atoms with E-state index in [1.54, 1.807) is 31.4 Å². The zero-order chi connectivity index (χ0) is 17.3. The summed E-state index contributed by atoms with van der Waals surface area (Å²) in [5.41, 5.74) is 1.40. The van der Waals surface area contributed by atoms with Gasteiger partial charge < -0.3 is 9.47 Å². The van der Waals surface area contributed by atoms with E-state index in [1.165, 1.54) is 19.2 Å². The molecule has 0 saturated heterocycles. The van der Waals surface area contributed by atoms with Crippen LogP contribution < -0.4 is 4.74 Å². The van der Waals surface area contributed by atoms with E-state index in [0.717, 1.165) is 6.20 Å². The summed E-state index contributed by atoms with van der Waals surface area (Å²) in [5.74, 6) is -0.381. The highest BCUT2D eigenvalue weighted by atomic mass is 35.5. The molecule has 0 amide bonds. The Morgan fingerprint density at radius 1 is 1.12 bits per heavy atom. The Morgan fingerprint density at radius 2 is 1.92 bits per heavy atom. The van der Waals surface area contributed by atoms with E-state index in [9.17, 15) is 9.18 Å². The molecule has 4 nitrogen and oxygen atoms in total. The van der Waals surface area contributed by atoms with Crippen molar-refractivity contribution in [2.75, 3.05) is 14.2 Å². The summed E-state index contributed by atoms with van der Waals surface area (Å²) in [7, 11) is 2.83. The fourth-order valence-corrected chi connectivity index (χ4v) is 2.74. The first-order valence-corrected chi connectivity index (χ1v) is 7.43. The van der Waals surface area contributed by atoms with Crippen molar-refractivity contribution in [2.24, 2.45) is 0 Å². The Balaban J connectivity index is 2.27. The molecule has 2 aromatic carbocycles. The molecule has 122 valence electrons. The van der Waals surface area contributed by atoms with Crippen molar-refractivity contribution in [3.63, 3.8) is 0 Å². The van der Waals surface area contributed by atoms with Crippen LogP contribution in [0.15, 0.2) is 42.6 Å². The first kappa shape index (κ1) is 16.2. The number of pyridine rings is 1. The second-order valence-corrected chi connectivity index (χ2v) is 5.46. The first-order valence-electron chi connectivity index (χ1n) is 7.05. The molecular formula is C18H13ClFNO3. The number of fused-ring (bicyclic) bond motifs is 1. The Morgan fingerprint density at radius 3 is 2.58 bits per heavy atom. The van der Waals surface area contributed by atoms with E-state index in [-0.39, 0.29) is 0 Å². The zero-order valence-corrected chi connectivity index (χ0v) is 13.7. The van der Waals surface area contributed by atoms with Crippen LogP contribution in [-0.2, 0) is 4.74 Å². The molecule has 0 aliphatic heterocycles. The van der Waals surface area contributed by atoms with Crippen LogP contribution in [-0.4, -0.2) is 25.2 Å². The minimum atomic E-state index is -0.507. The smallest absolute Gasteiger partial charge is 0.337 e. The van der Waals surface area contributed by atoms with Crippen molar-refractivity contribution in [2.45, 2.75) is 0 Å². The number of halogens is 2. The number of methoxy groups -OCH3 is 2. The normalized spacial score (nSPS) is 10.7. The second kappa shape index (κ2) is 6.45. The number of carbonyl (C=O) groups excluding carboxylic acids is 1. The Labute approximate surface area is 142 Å². The molecule has 0 radical (unpaired) electrons. The van der Waals surface area contributed by atoms with Gasteiger partial charge in [-0.3, -0.25) is 4.98 Å². The number of hydrogen-bond donors (Lipinski definition) is 0. The summed E-state index contributed by atoms with van der Waals surface area (Å²) in [5, 5.41) is 1.24. The quantitative estimate of drug-likeness (QED) is 0.656. The van der Waals surface area contributed by atoms with E-state index < -0.39 is 11.8 Å². The number of nitrogens with zero attached hydrogens (tertiary/aromatic N) is 1. The summed E-state index contributed by atoms with van der Waals surface area (Å²) in [6.45, 7) is 0. The lowest BCUT2D eigenvalue weighted by molar-refractivity contribution is 0.0601. The van der Waals surface area contributed by atoms with Gasteiger partial charge in [-0.25, -0.2) is 9.18 Å². The Hall–Kier alpha value is -2.66. The van der Waals surface area contributed by atoms with Crippen LogP contribution in [0.3, 0.4) is 0 Å². The van der Waals surface area contributed by atoms with Crippen LogP contribution in [0.4, 0.5) is 4.39 Å². The summed E-state index contributed by atoms with van der Waals surface area (Å²) < 4.78 is 23.9. The van der Waals surface area contributed by atoms with Crippen LogP contribution in [0.5, 0.6) is 5.75 Å². The van der Waals surface area contributed by atoms with Gasteiger partial charge in [0.05, 0.1) is 36.7 Å². The van der Waals surface area contributed by atoms with Gasteiger partial charge in [-0.05, 0) is 30.3 Å². The lowest BCUT2D eigenvalue weighted by Gasteiger charge is -2.11. The molecule has 0 bridgehead atoms. The molecule has 3 rings (SSSR count). The van der Waals surface area contributed by atoms with Crippen LogP contribution in [0, 0.1) is 5.82 Å². The third kappa shape index (κ3) is 2.78. The van der Waals surface area contributed by atoms with Crippen LogP contribution >= 0.6 is 11.6 Å². The maximum Gasteiger partial charge on any atom is 0.337 e. The van der Waals surface area contributed by atoms with Gasteiger partial charge in [0.15, 0.2) is 0 Å². The van der Waals surface area contributed by atoms with Crippen LogP contribution in [0.2, 0.25) is 5.02 Å². The third-order valence-corrected chi connectivity index (χ3v) is 4.00. The van der Waals surface area contributed by atoms with Gasteiger partial charge in [0, 0.05) is 16.3 Å². The monoisotopic (exact) mass is 345 g/mol. The minimum absolute atomic E-state index is 0.309. The fourth-order valence-electron chi connectivity index (χ4n) is 2.48. The predicted octanol–water partition coefficient (Wildman–Crippen LogP) is 4.49. The van der Waals surface area contributed by atoms with Gasteiger partial charge in [-0.15, -0.1) is 0 Å². The molecule has 6 heteroatoms. The topological polar surface area (TPSA) is 48.4 Å². The molecule has 1 aromatic heterocycles. The number of benzene rings is 2. The molecule has 3 aromatic rings. The predicted molar refractivity (Wildman–Crippen MR) is 90.0 cm³/mol. The highest BCUT2D eigenvalue weighted by Crippen LogP contribution is 2.35. The average Bonchev–Trinajstić information content (AvgIpc) is 2.61. The molecule has 0 N–H and O–H groups in total. The van der Waals surface area contributed by atoms with Gasteiger partial charge in [0.1, 0.15) is 11.6 Å². The number of esters is 1. The first-order chi connectivity index (χ1) is 11.5. The molecule has 0 unspecified atom stereocenters. The summed E-state index contributed by atoms with van der Waals surface area (Å²) in [6, 6.07) is 9.72. The molecule has 1 heterocycles. The lowest BCUT2D eigenvalue weighted by Crippen LogP contribution is -2.01. The number of rotatable bonds is 3. The molecule has 0 fully saturated rings. The summed E-state index contributed by atoms with van der Waals surface area (Å²) >= 11 is 6.31. The van der Waals surface area contributed by atoms with E-state index in [1.807, 2.05) is 0 Å². The summed E-state index contributed by atoms with van der Waals surface area (Å²) in [4.78, 5) is 15.9.